The molecule has 0 bridgehead atoms. The van der Waals surface area contributed by atoms with Crippen LogP contribution < -0.4 is 0 Å². The predicted molar refractivity (Wildman–Crippen MR) is 85.3 cm³/mol. The molecule has 0 spiro atoms. The zero-order chi connectivity index (χ0) is 16.4. The van der Waals surface area contributed by atoms with Gasteiger partial charge in [0.05, 0.1) is 11.5 Å². The highest BCUT2D eigenvalue weighted by atomic mass is 35.5. The van der Waals surface area contributed by atoms with Gasteiger partial charge in [0.15, 0.2) is 0 Å². The van der Waals surface area contributed by atoms with Crippen LogP contribution in [0.3, 0.4) is 0 Å². The fourth-order valence-electron chi connectivity index (χ4n) is 1.72. The normalized spacial score (nSPS) is 11.0. The molecule has 0 aliphatic rings. The second kappa shape index (κ2) is 11.5. The number of ether oxygens (including phenoxy) is 2. The number of esters is 2. The van der Waals surface area contributed by atoms with E-state index < -0.39 is 30.6 Å². The Labute approximate surface area is 141 Å². The van der Waals surface area contributed by atoms with Crippen molar-refractivity contribution in [1.82, 2.24) is 0 Å². The molecule has 0 radical (unpaired) electrons. The first kappa shape index (κ1) is 20.9. The van der Waals surface area contributed by atoms with Crippen molar-refractivity contribution in [3.63, 3.8) is 0 Å². The van der Waals surface area contributed by atoms with Crippen molar-refractivity contribution in [3.05, 3.63) is 35.9 Å². The number of carbonyl (C=O) groups excluding carboxylic acids is 2. The van der Waals surface area contributed by atoms with E-state index in [0.717, 1.165) is 0 Å². The largest absolute Gasteiger partial charge is 0.481 e. The Bertz CT molecular complexity index is 503. The van der Waals surface area contributed by atoms with Gasteiger partial charge in [-0.3, -0.25) is 9.59 Å². The van der Waals surface area contributed by atoms with Gasteiger partial charge in [0.2, 0.25) is 6.79 Å². The molecule has 0 aromatic heterocycles. The van der Waals surface area contributed by atoms with Crippen LogP contribution in [0.1, 0.15) is 43.0 Å². The van der Waals surface area contributed by atoms with Crippen LogP contribution in [-0.2, 0) is 19.1 Å². The van der Waals surface area contributed by atoms with Gasteiger partial charge in [-0.05, 0) is 25.0 Å². The third-order valence-electron chi connectivity index (χ3n) is 3.11. The molecular formula is C16H21ClO6. The van der Waals surface area contributed by atoms with Gasteiger partial charge in [-0.1, -0.05) is 31.5 Å². The molecule has 0 fully saturated rings. The quantitative estimate of drug-likeness (QED) is 0.420. The summed E-state index contributed by atoms with van der Waals surface area (Å²) in [6.07, 6.45) is 1.87. The smallest absolute Gasteiger partial charge is 0.340 e. The second-order valence-corrected chi connectivity index (χ2v) is 4.92. The molecule has 1 atom stereocenters. The summed E-state index contributed by atoms with van der Waals surface area (Å²) in [6, 6.07) is 8.41. The van der Waals surface area contributed by atoms with Crippen LogP contribution in [0, 0.1) is 5.92 Å². The molecule has 0 saturated carbocycles. The summed E-state index contributed by atoms with van der Waals surface area (Å²) in [5.41, 5.74) is 0.390. The number of aliphatic carboxylic acids is 1. The van der Waals surface area contributed by atoms with Crippen LogP contribution in [0.4, 0.5) is 0 Å². The molecular weight excluding hydrogens is 324 g/mol. The lowest BCUT2D eigenvalue weighted by Gasteiger charge is -2.07. The Morgan fingerprint density at radius 3 is 2.35 bits per heavy atom. The maximum absolute atomic E-state index is 11.6. The van der Waals surface area contributed by atoms with Crippen LogP contribution in [-0.4, -0.2) is 29.8 Å². The molecule has 1 N–H and O–H groups in total. The van der Waals surface area contributed by atoms with Gasteiger partial charge in [0, 0.05) is 6.42 Å². The number of halogens is 1. The zero-order valence-corrected chi connectivity index (χ0v) is 13.7. The van der Waals surface area contributed by atoms with Gasteiger partial charge in [-0.2, -0.15) is 0 Å². The van der Waals surface area contributed by atoms with Crippen LogP contribution in [0.25, 0.3) is 0 Å². The second-order valence-electron chi connectivity index (χ2n) is 4.92. The number of benzene rings is 1. The molecule has 128 valence electrons. The highest BCUT2D eigenvalue weighted by molar-refractivity contribution is 5.89. The maximum atomic E-state index is 11.6. The molecule has 23 heavy (non-hydrogen) atoms. The number of hydrogen-bond acceptors (Lipinski definition) is 5. The summed E-state index contributed by atoms with van der Waals surface area (Å²) in [6.45, 7) is 1.21. The lowest BCUT2D eigenvalue weighted by molar-refractivity contribution is -0.152. The van der Waals surface area contributed by atoms with Crippen LogP contribution in [0.15, 0.2) is 30.3 Å². The molecule has 0 aliphatic heterocycles. The number of unbranched alkanes of at least 4 members (excludes halogenated alkanes) is 1. The average molecular weight is 345 g/mol. The van der Waals surface area contributed by atoms with Crippen molar-refractivity contribution in [1.29, 1.82) is 0 Å². The van der Waals surface area contributed by atoms with Crippen molar-refractivity contribution < 1.29 is 29.0 Å². The lowest BCUT2D eigenvalue weighted by Crippen LogP contribution is -2.13. The molecule has 1 rings (SSSR count). The van der Waals surface area contributed by atoms with Gasteiger partial charge in [0.1, 0.15) is 0 Å². The third kappa shape index (κ3) is 8.83. The number of rotatable bonds is 9. The van der Waals surface area contributed by atoms with Crippen LogP contribution in [0.2, 0.25) is 0 Å². The first-order valence-electron chi connectivity index (χ1n) is 7.11. The first-order valence-corrected chi connectivity index (χ1v) is 7.11. The maximum Gasteiger partial charge on any atom is 0.340 e. The molecule has 0 saturated heterocycles. The van der Waals surface area contributed by atoms with Crippen molar-refractivity contribution in [3.8, 4) is 0 Å². The highest BCUT2D eigenvalue weighted by Crippen LogP contribution is 2.10. The molecule has 1 aromatic rings. The Hall–Kier alpha value is -2.08. The van der Waals surface area contributed by atoms with E-state index in [9.17, 15) is 14.4 Å². The minimum atomic E-state index is -0.838. The zero-order valence-electron chi connectivity index (χ0n) is 12.9. The van der Waals surface area contributed by atoms with Crippen molar-refractivity contribution in [2.24, 2.45) is 5.92 Å². The van der Waals surface area contributed by atoms with Crippen molar-refractivity contribution in [2.75, 3.05) is 6.79 Å². The van der Waals surface area contributed by atoms with E-state index in [-0.39, 0.29) is 18.8 Å². The van der Waals surface area contributed by atoms with Gasteiger partial charge < -0.3 is 14.6 Å². The number of carboxylic acid groups (broad SMARTS) is 1. The molecule has 0 amide bonds. The minimum Gasteiger partial charge on any atom is -0.481 e. The Balaban J connectivity index is 0.00000484. The summed E-state index contributed by atoms with van der Waals surface area (Å²) in [4.78, 5) is 33.6. The molecule has 1 unspecified atom stereocenters. The monoisotopic (exact) mass is 344 g/mol. The van der Waals surface area contributed by atoms with E-state index in [2.05, 4.69) is 0 Å². The predicted octanol–water partition coefficient (Wildman–Crippen LogP) is 3.05. The van der Waals surface area contributed by atoms with Gasteiger partial charge in [-0.15, -0.1) is 12.4 Å². The number of carboxylic acids is 1. The number of hydrogen-bond donors (Lipinski definition) is 1. The summed E-state index contributed by atoms with van der Waals surface area (Å²) in [5, 5.41) is 8.71. The van der Waals surface area contributed by atoms with Gasteiger partial charge in [0.25, 0.3) is 0 Å². The van der Waals surface area contributed by atoms with E-state index in [1.165, 1.54) is 0 Å². The highest BCUT2D eigenvalue weighted by Gasteiger charge is 2.11. The third-order valence-corrected chi connectivity index (χ3v) is 3.11. The fraction of sp³-hybridized carbons (Fsp3) is 0.438. The van der Waals surface area contributed by atoms with Crippen molar-refractivity contribution >= 4 is 30.3 Å². The molecule has 7 heteroatoms. The molecule has 0 aliphatic carbocycles. The summed E-state index contributed by atoms with van der Waals surface area (Å²) < 4.78 is 9.61. The van der Waals surface area contributed by atoms with E-state index in [1.807, 2.05) is 0 Å². The van der Waals surface area contributed by atoms with E-state index in [4.69, 9.17) is 14.6 Å². The molecule has 6 nitrogen and oxygen atoms in total. The van der Waals surface area contributed by atoms with E-state index in [0.29, 0.717) is 24.8 Å². The van der Waals surface area contributed by atoms with E-state index in [1.54, 1.807) is 37.3 Å². The summed E-state index contributed by atoms with van der Waals surface area (Å²) >= 11 is 0. The van der Waals surface area contributed by atoms with Crippen molar-refractivity contribution in [2.45, 2.75) is 32.6 Å². The topological polar surface area (TPSA) is 89.9 Å². The average Bonchev–Trinajstić information content (AvgIpc) is 2.52. The van der Waals surface area contributed by atoms with Crippen LogP contribution >= 0.6 is 12.4 Å². The fourth-order valence-corrected chi connectivity index (χ4v) is 1.72. The standard InChI is InChI=1S/C16H20O6.ClH/c1-12(15(18)19)7-5-6-10-14(17)21-11-22-16(20)13-8-3-2-4-9-13;/h2-4,8-9,12H,5-7,10-11H2,1H3,(H,18,19);1H. The molecule has 0 heterocycles. The van der Waals surface area contributed by atoms with Crippen LogP contribution in [0.5, 0.6) is 0 Å². The Morgan fingerprint density at radius 1 is 1.09 bits per heavy atom. The Morgan fingerprint density at radius 2 is 1.74 bits per heavy atom. The van der Waals surface area contributed by atoms with Gasteiger partial charge >= 0.3 is 17.9 Å². The summed E-state index contributed by atoms with van der Waals surface area (Å²) in [5.74, 6) is -2.27. The summed E-state index contributed by atoms with van der Waals surface area (Å²) in [7, 11) is 0. The van der Waals surface area contributed by atoms with E-state index >= 15 is 0 Å². The SMILES string of the molecule is CC(CCCCC(=O)OCOC(=O)c1ccccc1)C(=O)O.Cl. The first-order chi connectivity index (χ1) is 10.5. The minimum absolute atomic E-state index is 0. The Kier molecular flexibility index (Phi) is 10.4. The number of carbonyl (C=O) groups is 3. The van der Waals surface area contributed by atoms with Gasteiger partial charge in [-0.25, -0.2) is 4.79 Å². The lowest BCUT2D eigenvalue weighted by atomic mass is 10.0. The molecule has 1 aromatic carbocycles.